The van der Waals surface area contributed by atoms with Crippen LogP contribution in [0.5, 0.6) is 11.5 Å². The first-order chi connectivity index (χ1) is 18.9. The van der Waals surface area contributed by atoms with E-state index in [0.29, 0.717) is 34.3 Å². The summed E-state index contributed by atoms with van der Waals surface area (Å²) in [5.74, 6) is -0.941. The monoisotopic (exact) mass is 569 g/mol. The van der Waals surface area contributed by atoms with Gasteiger partial charge in [-0.05, 0) is 50.0 Å². The molecule has 0 radical (unpaired) electrons. The lowest BCUT2D eigenvalue weighted by atomic mass is 9.99. The number of nitrogens with one attached hydrogen (secondary N) is 2. The van der Waals surface area contributed by atoms with Gasteiger partial charge in [-0.2, -0.15) is 5.26 Å². The van der Waals surface area contributed by atoms with Gasteiger partial charge in [-0.25, -0.2) is 13.8 Å². The smallest absolute Gasteiger partial charge is 0.167 e. The van der Waals surface area contributed by atoms with Crippen LogP contribution in [0.1, 0.15) is 24.1 Å². The summed E-state index contributed by atoms with van der Waals surface area (Å²) in [7, 11) is 0. The van der Waals surface area contributed by atoms with Gasteiger partial charge in [0.05, 0.1) is 39.8 Å². The average Bonchev–Trinajstić information content (AvgIpc) is 2.94. The second-order valence-electron chi connectivity index (χ2n) is 9.09. The number of fused-ring (bicyclic) bond motifs is 1. The number of nitriles is 1. The molecule has 0 unspecified atom stereocenters. The molecule has 1 aliphatic heterocycles. The van der Waals surface area contributed by atoms with E-state index in [1.165, 1.54) is 24.4 Å². The highest BCUT2D eigenvalue weighted by molar-refractivity contribution is 6.33. The summed E-state index contributed by atoms with van der Waals surface area (Å²) in [6.07, 6.45) is 3.29. The Morgan fingerprint density at radius 3 is 2.59 bits per heavy atom. The number of ether oxygens (including phenoxy) is 2. The molecule has 1 saturated heterocycles. The van der Waals surface area contributed by atoms with E-state index in [0.717, 1.165) is 32.0 Å². The van der Waals surface area contributed by atoms with E-state index in [4.69, 9.17) is 32.7 Å². The third-order valence-corrected chi connectivity index (χ3v) is 6.93. The largest absolute Gasteiger partial charge is 0.490 e. The van der Waals surface area contributed by atoms with Crippen molar-refractivity contribution in [3.63, 3.8) is 0 Å². The van der Waals surface area contributed by atoms with Gasteiger partial charge < -0.3 is 20.1 Å². The van der Waals surface area contributed by atoms with E-state index in [2.05, 4.69) is 20.6 Å². The van der Waals surface area contributed by atoms with Gasteiger partial charge in [-0.15, -0.1) is 0 Å². The highest BCUT2D eigenvalue weighted by Gasteiger charge is 2.19. The first-order valence-electron chi connectivity index (χ1n) is 12.3. The Kier molecular flexibility index (Phi) is 8.27. The van der Waals surface area contributed by atoms with Crippen molar-refractivity contribution in [3.8, 4) is 17.6 Å². The Bertz CT molecular complexity index is 1560. The molecule has 0 saturated carbocycles. The minimum atomic E-state index is -0.694. The molecule has 2 N–H and O–H groups in total. The van der Waals surface area contributed by atoms with Crippen LogP contribution in [-0.4, -0.2) is 29.7 Å². The molecule has 0 bridgehead atoms. The van der Waals surface area contributed by atoms with Crippen molar-refractivity contribution >= 4 is 45.5 Å². The molecule has 0 spiro atoms. The van der Waals surface area contributed by atoms with Gasteiger partial charge in [-0.3, -0.25) is 4.98 Å². The van der Waals surface area contributed by atoms with E-state index in [-0.39, 0.29) is 40.1 Å². The zero-order valence-electron chi connectivity index (χ0n) is 20.6. The third kappa shape index (κ3) is 6.31. The molecule has 2 aromatic heterocycles. The Balaban J connectivity index is 1.39. The Hall–Kier alpha value is -3.71. The van der Waals surface area contributed by atoms with Crippen LogP contribution < -0.4 is 20.1 Å². The fraction of sp³-hybridized carbons (Fsp3) is 0.250. The van der Waals surface area contributed by atoms with Crippen molar-refractivity contribution in [2.24, 2.45) is 5.92 Å². The molecule has 7 nitrogen and oxygen atoms in total. The molecule has 39 heavy (non-hydrogen) atoms. The van der Waals surface area contributed by atoms with Crippen LogP contribution in [0.15, 0.2) is 48.7 Å². The molecule has 1 aliphatic rings. The van der Waals surface area contributed by atoms with Gasteiger partial charge in [-0.1, -0.05) is 29.3 Å². The second kappa shape index (κ2) is 12.0. The number of piperidine rings is 1. The van der Waals surface area contributed by atoms with Crippen LogP contribution in [-0.2, 0) is 6.61 Å². The second-order valence-corrected chi connectivity index (χ2v) is 9.89. The van der Waals surface area contributed by atoms with Crippen molar-refractivity contribution in [2.45, 2.75) is 19.4 Å². The minimum absolute atomic E-state index is 0.0184. The molecule has 2 aromatic carbocycles. The summed E-state index contributed by atoms with van der Waals surface area (Å²) in [5, 5.41) is 16.7. The molecule has 5 rings (SSSR count). The first kappa shape index (κ1) is 26.9. The third-order valence-electron chi connectivity index (χ3n) is 6.40. The number of pyridine rings is 2. The van der Waals surface area contributed by atoms with Crippen LogP contribution in [0.3, 0.4) is 0 Å². The summed E-state index contributed by atoms with van der Waals surface area (Å²) < 4.78 is 41.3. The number of nitrogens with zero attached hydrogens (tertiary/aromatic N) is 3. The Labute approximate surface area is 233 Å². The number of hydrogen-bond acceptors (Lipinski definition) is 7. The highest BCUT2D eigenvalue weighted by Crippen LogP contribution is 2.37. The van der Waals surface area contributed by atoms with E-state index >= 15 is 4.39 Å². The van der Waals surface area contributed by atoms with E-state index in [1.54, 1.807) is 18.2 Å². The molecular weight excluding hydrogens is 547 g/mol. The summed E-state index contributed by atoms with van der Waals surface area (Å²) >= 11 is 12.3. The van der Waals surface area contributed by atoms with Crippen molar-refractivity contribution in [2.75, 3.05) is 25.0 Å². The van der Waals surface area contributed by atoms with E-state index < -0.39 is 11.6 Å². The molecule has 4 aromatic rings. The topological polar surface area (TPSA) is 92.1 Å². The number of hydrogen-bond donors (Lipinski definition) is 2. The number of benzene rings is 2. The van der Waals surface area contributed by atoms with Crippen LogP contribution in [0, 0.1) is 28.9 Å². The fourth-order valence-corrected chi connectivity index (χ4v) is 4.71. The molecule has 0 aliphatic carbocycles. The summed E-state index contributed by atoms with van der Waals surface area (Å²) in [6, 6.07) is 12.3. The van der Waals surface area contributed by atoms with Crippen molar-refractivity contribution in [1.29, 1.82) is 5.26 Å². The zero-order valence-corrected chi connectivity index (χ0v) is 22.1. The van der Waals surface area contributed by atoms with Crippen LogP contribution >= 0.6 is 23.2 Å². The standard InChI is InChI=1S/C28H23Cl2F2N5O2/c29-20-9-25(39-15-18-2-1-3-27(30)36-18)22(32)10-24(20)37-28-17(12-33)13-35-23-11-26(21(31)8-19(23)28)38-14-16-4-6-34-7-5-16/h1-3,8-11,13,16,34H,4-7,14-15H2,(H,35,37). The fourth-order valence-electron chi connectivity index (χ4n) is 4.33. The molecule has 3 heterocycles. The predicted molar refractivity (Wildman–Crippen MR) is 146 cm³/mol. The van der Waals surface area contributed by atoms with Crippen molar-refractivity contribution < 1.29 is 18.3 Å². The van der Waals surface area contributed by atoms with Crippen LogP contribution in [0.25, 0.3) is 10.9 Å². The number of aromatic nitrogens is 2. The lowest BCUT2D eigenvalue weighted by Gasteiger charge is -2.23. The number of halogens is 4. The maximum Gasteiger partial charge on any atom is 0.167 e. The lowest BCUT2D eigenvalue weighted by molar-refractivity contribution is 0.208. The quantitative estimate of drug-likeness (QED) is 0.226. The SMILES string of the molecule is N#Cc1cnc2cc(OCC3CCNCC3)c(F)cc2c1Nc1cc(F)c(OCc2cccc(Cl)n2)cc1Cl. The maximum absolute atomic E-state index is 15.1. The number of anilines is 2. The summed E-state index contributed by atoms with van der Waals surface area (Å²) in [5.41, 5.74) is 1.46. The number of rotatable bonds is 8. The van der Waals surface area contributed by atoms with Gasteiger partial charge in [0.2, 0.25) is 0 Å². The van der Waals surface area contributed by atoms with Crippen molar-refractivity contribution in [1.82, 2.24) is 15.3 Å². The highest BCUT2D eigenvalue weighted by atomic mass is 35.5. The van der Waals surface area contributed by atoms with Crippen LogP contribution in [0.4, 0.5) is 20.2 Å². The summed E-state index contributed by atoms with van der Waals surface area (Å²) in [4.78, 5) is 8.41. The van der Waals surface area contributed by atoms with Gasteiger partial charge in [0, 0.05) is 29.8 Å². The Morgan fingerprint density at radius 1 is 1.05 bits per heavy atom. The van der Waals surface area contributed by atoms with Crippen molar-refractivity contribution in [3.05, 3.63) is 81.7 Å². The Morgan fingerprint density at radius 2 is 1.82 bits per heavy atom. The molecule has 200 valence electrons. The van der Waals surface area contributed by atoms with Gasteiger partial charge >= 0.3 is 0 Å². The van der Waals surface area contributed by atoms with Gasteiger partial charge in [0.15, 0.2) is 23.1 Å². The van der Waals surface area contributed by atoms with Gasteiger partial charge in [0.1, 0.15) is 17.8 Å². The normalized spacial score (nSPS) is 13.7. The van der Waals surface area contributed by atoms with E-state index in [1.807, 2.05) is 6.07 Å². The molecule has 1 fully saturated rings. The average molecular weight is 570 g/mol. The lowest BCUT2D eigenvalue weighted by Crippen LogP contribution is -2.30. The molecular formula is C28H23Cl2F2N5O2. The van der Waals surface area contributed by atoms with Crippen LogP contribution in [0.2, 0.25) is 10.2 Å². The first-order valence-corrected chi connectivity index (χ1v) is 13.0. The molecule has 11 heteroatoms. The molecule has 0 atom stereocenters. The maximum atomic E-state index is 15.1. The zero-order chi connectivity index (χ0) is 27.4. The predicted octanol–water partition coefficient (Wildman–Crippen LogP) is 6.79. The van der Waals surface area contributed by atoms with Gasteiger partial charge in [0.25, 0.3) is 0 Å². The minimum Gasteiger partial charge on any atom is -0.490 e. The summed E-state index contributed by atoms with van der Waals surface area (Å²) in [6.45, 7) is 2.21. The van der Waals surface area contributed by atoms with E-state index in [9.17, 15) is 9.65 Å². The molecule has 0 amide bonds.